The molecule has 0 aromatic carbocycles. The lowest BCUT2D eigenvalue weighted by Crippen LogP contribution is -2.52. The molecule has 7 heteroatoms. The van der Waals surface area contributed by atoms with Gasteiger partial charge in [-0.15, -0.1) is 0 Å². The smallest absolute Gasteiger partial charge is 0.317 e. The van der Waals surface area contributed by atoms with Crippen molar-refractivity contribution in [2.75, 3.05) is 26.2 Å². The molecule has 1 saturated carbocycles. The van der Waals surface area contributed by atoms with Gasteiger partial charge >= 0.3 is 6.03 Å². The van der Waals surface area contributed by atoms with Crippen LogP contribution in [0.5, 0.6) is 5.88 Å². The number of piperazine rings is 1. The SMILES string of the molecule is CC(=O)N1CCN(C(=O)NCc2cccnc2OC2CCCC2)CC1. The van der Waals surface area contributed by atoms with Gasteiger partial charge in [0, 0.05) is 51.4 Å². The summed E-state index contributed by atoms with van der Waals surface area (Å²) in [6.07, 6.45) is 6.51. The molecular weight excluding hydrogens is 320 g/mol. The first-order valence-electron chi connectivity index (χ1n) is 9.02. The number of urea groups is 1. The highest BCUT2D eigenvalue weighted by Gasteiger charge is 2.23. The normalized spacial score (nSPS) is 18.3. The third kappa shape index (κ3) is 4.61. The van der Waals surface area contributed by atoms with E-state index in [2.05, 4.69) is 10.3 Å². The molecule has 1 aliphatic carbocycles. The maximum Gasteiger partial charge on any atom is 0.317 e. The first kappa shape index (κ1) is 17.5. The van der Waals surface area contributed by atoms with Crippen molar-refractivity contribution in [3.63, 3.8) is 0 Å². The van der Waals surface area contributed by atoms with E-state index in [4.69, 9.17) is 4.74 Å². The number of carbonyl (C=O) groups is 2. The fraction of sp³-hybridized carbons (Fsp3) is 0.611. The van der Waals surface area contributed by atoms with Crippen molar-refractivity contribution < 1.29 is 14.3 Å². The summed E-state index contributed by atoms with van der Waals surface area (Å²) >= 11 is 0. The van der Waals surface area contributed by atoms with Gasteiger partial charge in [-0.25, -0.2) is 9.78 Å². The lowest BCUT2D eigenvalue weighted by Gasteiger charge is -2.34. The first-order chi connectivity index (χ1) is 12.1. The van der Waals surface area contributed by atoms with Crippen molar-refractivity contribution in [2.24, 2.45) is 0 Å². The van der Waals surface area contributed by atoms with Crippen LogP contribution in [0, 0.1) is 0 Å². The molecular formula is C18H26N4O3. The maximum atomic E-state index is 12.4. The van der Waals surface area contributed by atoms with Crippen LogP contribution in [0.2, 0.25) is 0 Å². The van der Waals surface area contributed by atoms with Crippen molar-refractivity contribution >= 4 is 11.9 Å². The molecule has 7 nitrogen and oxygen atoms in total. The number of hydrogen-bond acceptors (Lipinski definition) is 4. The molecule has 2 heterocycles. The van der Waals surface area contributed by atoms with Gasteiger partial charge in [0.1, 0.15) is 6.10 Å². The zero-order valence-corrected chi connectivity index (χ0v) is 14.7. The molecule has 1 saturated heterocycles. The molecule has 2 fully saturated rings. The maximum absolute atomic E-state index is 12.4. The molecule has 1 N–H and O–H groups in total. The fourth-order valence-electron chi connectivity index (χ4n) is 3.34. The summed E-state index contributed by atoms with van der Waals surface area (Å²) in [6.45, 7) is 4.25. The van der Waals surface area contributed by atoms with Gasteiger partial charge in [0.25, 0.3) is 0 Å². The number of pyridine rings is 1. The molecule has 2 aliphatic rings. The molecule has 1 aliphatic heterocycles. The molecule has 3 amide bonds. The fourth-order valence-corrected chi connectivity index (χ4v) is 3.34. The quantitative estimate of drug-likeness (QED) is 0.902. The molecule has 0 spiro atoms. The van der Waals surface area contributed by atoms with Crippen molar-refractivity contribution in [3.8, 4) is 5.88 Å². The highest BCUT2D eigenvalue weighted by atomic mass is 16.5. The number of nitrogens with one attached hydrogen (secondary N) is 1. The molecule has 0 atom stereocenters. The van der Waals surface area contributed by atoms with Crippen molar-refractivity contribution in [2.45, 2.75) is 45.3 Å². The Morgan fingerprint density at radius 2 is 1.88 bits per heavy atom. The average Bonchev–Trinajstić information content (AvgIpc) is 3.14. The van der Waals surface area contributed by atoms with E-state index in [-0.39, 0.29) is 18.0 Å². The van der Waals surface area contributed by atoms with Gasteiger partial charge in [-0.2, -0.15) is 0 Å². The van der Waals surface area contributed by atoms with Crippen molar-refractivity contribution in [1.29, 1.82) is 0 Å². The Kier molecular flexibility index (Phi) is 5.73. The number of rotatable bonds is 4. The van der Waals surface area contributed by atoms with E-state index in [1.54, 1.807) is 22.9 Å². The average molecular weight is 346 g/mol. The summed E-state index contributed by atoms with van der Waals surface area (Å²) in [5.74, 6) is 0.681. The zero-order valence-electron chi connectivity index (χ0n) is 14.7. The Balaban J connectivity index is 1.51. The van der Waals surface area contributed by atoms with Gasteiger partial charge in [-0.05, 0) is 31.7 Å². The van der Waals surface area contributed by atoms with Crippen LogP contribution in [0.15, 0.2) is 18.3 Å². The molecule has 25 heavy (non-hydrogen) atoms. The Morgan fingerprint density at radius 3 is 2.56 bits per heavy atom. The summed E-state index contributed by atoms with van der Waals surface area (Å²) in [5, 5.41) is 2.94. The van der Waals surface area contributed by atoms with Crippen molar-refractivity contribution in [3.05, 3.63) is 23.9 Å². The highest BCUT2D eigenvalue weighted by molar-refractivity contribution is 5.76. The van der Waals surface area contributed by atoms with E-state index in [1.165, 1.54) is 12.8 Å². The van der Waals surface area contributed by atoms with E-state index in [0.29, 0.717) is 38.6 Å². The number of ether oxygens (including phenoxy) is 1. The minimum atomic E-state index is -0.112. The standard InChI is InChI=1S/C18H26N4O3/c1-14(23)21-9-11-22(12-10-21)18(24)20-13-15-5-4-8-19-17(15)25-16-6-2-3-7-16/h4-5,8,16H,2-3,6-7,9-13H2,1H3,(H,20,24). The van der Waals surface area contributed by atoms with E-state index in [9.17, 15) is 9.59 Å². The number of amides is 3. The molecule has 1 aromatic heterocycles. The Morgan fingerprint density at radius 1 is 1.20 bits per heavy atom. The summed E-state index contributed by atoms with van der Waals surface area (Å²) in [7, 11) is 0. The Bertz CT molecular complexity index is 608. The van der Waals surface area contributed by atoms with Crippen LogP contribution in [0.4, 0.5) is 4.79 Å². The molecule has 0 unspecified atom stereocenters. The second-order valence-corrected chi connectivity index (χ2v) is 6.64. The van der Waals surface area contributed by atoms with E-state index in [0.717, 1.165) is 18.4 Å². The Hall–Kier alpha value is -2.31. The third-order valence-electron chi connectivity index (χ3n) is 4.87. The summed E-state index contributed by atoms with van der Waals surface area (Å²) in [5.41, 5.74) is 0.894. The van der Waals surface area contributed by atoms with Gasteiger partial charge in [-0.3, -0.25) is 4.79 Å². The molecule has 0 radical (unpaired) electrons. The molecule has 1 aromatic rings. The molecule has 0 bridgehead atoms. The number of carbonyl (C=O) groups excluding carboxylic acids is 2. The second kappa shape index (κ2) is 8.18. The van der Waals surface area contributed by atoms with Crippen LogP contribution >= 0.6 is 0 Å². The lowest BCUT2D eigenvalue weighted by molar-refractivity contribution is -0.130. The molecule has 136 valence electrons. The predicted octanol–water partition coefficient (Wildman–Crippen LogP) is 1.78. The summed E-state index contributed by atoms with van der Waals surface area (Å²) < 4.78 is 6.00. The topological polar surface area (TPSA) is 74.8 Å². The Labute approximate surface area is 148 Å². The highest BCUT2D eigenvalue weighted by Crippen LogP contribution is 2.24. The second-order valence-electron chi connectivity index (χ2n) is 6.64. The van der Waals surface area contributed by atoms with Crippen LogP contribution in [-0.2, 0) is 11.3 Å². The third-order valence-corrected chi connectivity index (χ3v) is 4.87. The zero-order chi connectivity index (χ0) is 17.6. The van der Waals surface area contributed by atoms with Crippen LogP contribution in [0.3, 0.4) is 0 Å². The number of aromatic nitrogens is 1. The minimum absolute atomic E-state index is 0.0594. The van der Waals surface area contributed by atoms with E-state index in [1.807, 2.05) is 12.1 Å². The number of hydrogen-bond donors (Lipinski definition) is 1. The monoisotopic (exact) mass is 346 g/mol. The predicted molar refractivity (Wildman–Crippen MR) is 93.2 cm³/mol. The lowest BCUT2D eigenvalue weighted by atomic mass is 10.2. The first-order valence-corrected chi connectivity index (χ1v) is 9.02. The van der Waals surface area contributed by atoms with Crippen LogP contribution < -0.4 is 10.1 Å². The van der Waals surface area contributed by atoms with Gasteiger partial charge in [0.05, 0.1) is 0 Å². The van der Waals surface area contributed by atoms with Crippen molar-refractivity contribution in [1.82, 2.24) is 20.1 Å². The summed E-state index contributed by atoms with van der Waals surface area (Å²) in [4.78, 5) is 31.5. The minimum Gasteiger partial charge on any atom is -0.474 e. The van der Waals surface area contributed by atoms with Crippen LogP contribution in [0.1, 0.15) is 38.2 Å². The van der Waals surface area contributed by atoms with Gasteiger partial charge in [0.15, 0.2) is 0 Å². The van der Waals surface area contributed by atoms with Crippen LogP contribution in [0.25, 0.3) is 0 Å². The van der Waals surface area contributed by atoms with E-state index >= 15 is 0 Å². The van der Waals surface area contributed by atoms with Gasteiger partial charge in [-0.1, -0.05) is 6.07 Å². The van der Waals surface area contributed by atoms with Gasteiger partial charge in [0.2, 0.25) is 11.8 Å². The van der Waals surface area contributed by atoms with Crippen LogP contribution in [-0.4, -0.2) is 59.0 Å². The van der Waals surface area contributed by atoms with Gasteiger partial charge < -0.3 is 19.9 Å². The van der Waals surface area contributed by atoms with E-state index < -0.39 is 0 Å². The number of nitrogens with zero attached hydrogens (tertiary/aromatic N) is 3. The molecule has 3 rings (SSSR count). The largest absolute Gasteiger partial charge is 0.474 e. The summed E-state index contributed by atoms with van der Waals surface area (Å²) in [6, 6.07) is 3.68.